The zero-order valence-electron chi connectivity index (χ0n) is 11.5. The molecule has 0 spiro atoms. The average molecular weight is 259 g/mol. The minimum absolute atomic E-state index is 1.13. The van der Waals surface area contributed by atoms with Gasteiger partial charge in [-0.2, -0.15) is 0 Å². The fourth-order valence-electron chi connectivity index (χ4n) is 3.17. The molecule has 4 rings (SSSR count). The fourth-order valence-corrected chi connectivity index (χ4v) is 3.17. The normalized spacial score (nSPS) is 14.2. The van der Waals surface area contributed by atoms with E-state index in [-0.39, 0.29) is 0 Å². The number of aromatic nitrogens is 1. The van der Waals surface area contributed by atoms with Gasteiger partial charge in [-0.15, -0.1) is 0 Å². The maximum Gasteiger partial charge on any atom is 0.0783 e. The van der Waals surface area contributed by atoms with Crippen molar-refractivity contribution < 1.29 is 0 Å². The summed E-state index contributed by atoms with van der Waals surface area (Å²) in [5.41, 5.74) is 6.42. The molecule has 0 aliphatic heterocycles. The van der Waals surface area contributed by atoms with Crippen LogP contribution >= 0.6 is 0 Å². The molecule has 1 aliphatic rings. The SMILES string of the molecule is c1ccc(-c2cccc3cc4c(nc23)CCCC4)cc1. The molecular weight excluding hydrogens is 242 g/mol. The highest BCUT2D eigenvalue weighted by Crippen LogP contribution is 2.30. The molecule has 0 radical (unpaired) electrons. The highest BCUT2D eigenvalue weighted by atomic mass is 14.7. The van der Waals surface area contributed by atoms with Gasteiger partial charge in [0.15, 0.2) is 0 Å². The van der Waals surface area contributed by atoms with Crippen LogP contribution in [-0.4, -0.2) is 4.98 Å². The van der Waals surface area contributed by atoms with Gasteiger partial charge in [0.1, 0.15) is 0 Å². The van der Waals surface area contributed by atoms with Crippen molar-refractivity contribution >= 4 is 10.9 Å². The molecule has 0 bridgehead atoms. The molecule has 0 saturated heterocycles. The van der Waals surface area contributed by atoms with Crippen molar-refractivity contribution in [2.45, 2.75) is 25.7 Å². The number of hydrogen-bond acceptors (Lipinski definition) is 1. The first-order valence-electron chi connectivity index (χ1n) is 7.39. The molecule has 1 aromatic heterocycles. The lowest BCUT2D eigenvalue weighted by atomic mass is 9.93. The van der Waals surface area contributed by atoms with Gasteiger partial charge in [-0.05, 0) is 42.9 Å². The molecule has 2 aromatic carbocycles. The minimum atomic E-state index is 1.13. The summed E-state index contributed by atoms with van der Waals surface area (Å²) in [6.07, 6.45) is 4.90. The number of fused-ring (bicyclic) bond motifs is 2. The van der Waals surface area contributed by atoms with Crippen LogP contribution in [0.1, 0.15) is 24.1 Å². The first-order valence-corrected chi connectivity index (χ1v) is 7.39. The predicted octanol–water partition coefficient (Wildman–Crippen LogP) is 4.78. The Morgan fingerprint density at radius 2 is 1.65 bits per heavy atom. The second kappa shape index (κ2) is 4.75. The van der Waals surface area contributed by atoms with E-state index in [1.807, 2.05) is 0 Å². The molecule has 1 heteroatoms. The molecule has 1 nitrogen and oxygen atoms in total. The van der Waals surface area contributed by atoms with E-state index in [1.165, 1.54) is 47.0 Å². The Kier molecular flexibility index (Phi) is 2.77. The van der Waals surface area contributed by atoms with Crippen molar-refractivity contribution in [2.75, 3.05) is 0 Å². The number of hydrogen-bond donors (Lipinski definition) is 0. The van der Waals surface area contributed by atoms with Crippen molar-refractivity contribution in [1.82, 2.24) is 4.98 Å². The van der Waals surface area contributed by atoms with E-state index in [1.54, 1.807) is 0 Å². The molecule has 1 aliphatic carbocycles. The van der Waals surface area contributed by atoms with E-state index in [9.17, 15) is 0 Å². The maximum atomic E-state index is 4.99. The Labute approximate surface area is 119 Å². The van der Waals surface area contributed by atoms with Crippen LogP contribution in [0.3, 0.4) is 0 Å². The van der Waals surface area contributed by atoms with Gasteiger partial charge in [0, 0.05) is 16.6 Å². The number of benzene rings is 2. The van der Waals surface area contributed by atoms with E-state index in [2.05, 4.69) is 54.6 Å². The summed E-state index contributed by atoms with van der Waals surface area (Å²) in [6, 6.07) is 19.4. The lowest BCUT2D eigenvalue weighted by Crippen LogP contribution is -2.05. The van der Waals surface area contributed by atoms with E-state index in [0.717, 1.165) is 11.9 Å². The maximum absolute atomic E-state index is 4.99. The monoisotopic (exact) mass is 259 g/mol. The second-order valence-electron chi connectivity index (χ2n) is 5.54. The predicted molar refractivity (Wildman–Crippen MR) is 83.8 cm³/mol. The van der Waals surface area contributed by atoms with Crippen LogP contribution in [0.25, 0.3) is 22.0 Å². The first kappa shape index (κ1) is 11.7. The Hall–Kier alpha value is -2.15. The van der Waals surface area contributed by atoms with Crippen molar-refractivity contribution in [2.24, 2.45) is 0 Å². The van der Waals surface area contributed by atoms with Crippen LogP contribution < -0.4 is 0 Å². The van der Waals surface area contributed by atoms with Crippen molar-refractivity contribution in [3.8, 4) is 11.1 Å². The summed E-state index contributed by atoms with van der Waals surface area (Å²) in [6.45, 7) is 0. The summed E-state index contributed by atoms with van der Waals surface area (Å²) < 4.78 is 0. The topological polar surface area (TPSA) is 12.9 Å². The highest BCUT2D eigenvalue weighted by molar-refractivity contribution is 5.94. The smallest absolute Gasteiger partial charge is 0.0783 e. The Bertz CT molecular complexity index is 759. The average Bonchev–Trinajstić information content (AvgIpc) is 2.53. The van der Waals surface area contributed by atoms with Crippen LogP contribution in [0, 0.1) is 0 Å². The zero-order chi connectivity index (χ0) is 13.4. The van der Waals surface area contributed by atoms with Crippen molar-refractivity contribution in [3.05, 3.63) is 65.9 Å². The lowest BCUT2D eigenvalue weighted by molar-refractivity contribution is 0.671. The van der Waals surface area contributed by atoms with Crippen molar-refractivity contribution in [1.29, 1.82) is 0 Å². The summed E-state index contributed by atoms with van der Waals surface area (Å²) in [5.74, 6) is 0. The molecule has 0 saturated carbocycles. The molecule has 20 heavy (non-hydrogen) atoms. The van der Waals surface area contributed by atoms with Gasteiger partial charge < -0.3 is 0 Å². The van der Waals surface area contributed by atoms with Crippen molar-refractivity contribution in [3.63, 3.8) is 0 Å². The molecule has 3 aromatic rings. The first-order chi connectivity index (χ1) is 9.92. The van der Waals surface area contributed by atoms with E-state index in [0.29, 0.717) is 0 Å². The van der Waals surface area contributed by atoms with Crippen LogP contribution in [0.15, 0.2) is 54.6 Å². The standard InChI is InChI=1S/C19H17N/c1-2-7-14(8-3-1)17-11-6-10-16-13-15-9-4-5-12-18(15)20-19(16)17/h1-3,6-8,10-11,13H,4-5,9,12H2. The highest BCUT2D eigenvalue weighted by Gasteiger charge is 2.13. The fraction of sp³-hybridized carbons (Fsp3) is 0.211. The molecule has 0 N–H and O–H groups in total. The quantitative estimate of drug-likeness (QED) is 0.613. The zero-order valence-corrected chi connectivity index (χ0v) is 11.5. The second-order valence-corrected chi connectivity index (χ2v) is 5.54. The number of nitrogens with zero attached hydrogens (tertiary/aromatic N) is 1. The van der Waals surface area contributed by atoms with Gasteiger partial charge in [-0.25, -0.2) is 0 Å². The van der Waals surface area contributed by atoms with Crippen LogP contribution in [0.5, 0.6) is 0 Å². The molecule has 0 fully saturated rings. The Morgan fingerprint density at radius 3 is 2.55 bits per heavy atom. The largest absolute Gasteiger partial charge is 0.252 e. The molecule has 1 heterocycles. The summed E-state index contributed by atoms with van der Waals surface area (Å²) in [7, 11) is 0. The van der Waals surface area contributed by atoms with Crippen LogP contribution in [-0.2, 0) is 12.8 Å². The number of aryl methyl sites for hydroxylation is 2. The Balaban J connectivity index is 1.98. The van der Waals surface area contributed by atoms with Gasteiger partial charge in [0.25, 0.3) is 0 Å². The molecule has 0 unspecified atom stereocenters. The Morgan fingerprint density at radius 1 is 0.800 bits per heavy atom. The van der Waals surface area contributed by atoms with E-state index < -0.39 is 0 Å². The van der Waals surface area contributed by atoms with Gasteiger partial charge in [0.2, 0.25) is 0 Å². The van der Waals surface area contributed by atoms with Gasteiger partial charge in [-0.1, -0.05) is 48.5 Å². The summed E-state index contributed by atoms with van der Waals surface area (Å²) >= 11 is 0. The van der Waals surface area contributed by atoms with Crippen LogP contribution in [0.2, 0.25) is 0 Å². The van der Waals surface area contributed by atoms with Gasteiger partial charge in [0.05, 0.1) is 5.52 Å². The van der Waals surface area contributed by atoms with E-state index in [4.69, 9.17) is 4.98 Å². The summed E-state index contributed by atoms with van der Waals surface area (Å²) in [5, 5.41) is 1.27. The number of para-hydroxylation sites is 1. The number of rotatable bonds is 1. The molecule has 0 amide bonds. The third-order valence-electron chi connectivity index (χ3n) is 4.21. The van der Waals surface area contributed by atoms with Gasteiger partial charge >= 0.3 is 0 Å². The van der Waals surface area contributed by atoms with Gasteiger partial charge in [-0.3, -0.25) is 4.98 Å². The molecule has 0 atom stereocenters. The molecule has 98 valence electrons. The third-order valence-corrected chi connectivity index (χ3v) is 4.21. The third kappa shape index (κ3) is 1.90. The summed E-state index contributed by atoms with van der Waals surface area (Å²) in [4.78, 5) is 4.99. The van der Waals surface area contributed by atoms with E-state index >= 15 is 0 Å². The minimum Gasteiger partial charge on any atom is -0.252 e. The van der Waals surface area contributed by atoms with Crippen LogP contribution in [0.4, 0.5) is 0 Å². The lowest BCUT2D eigenvalue weighted by Gasteiger charge is -2.16. The molecular formula is C19H17N. The number of pyridine rings is 1.